The molecule has 0 saturated heterocycles. The minimum absolute atomic E-state index is 0.0651. The molecule has 0 radical (unpaired) electrons. The van der Waals surface area contributed by atoms with E-state index in [1.165, 1.54) is 4.31 Å². The second kappa shape index (κ2) is 5.17. The van der Waals surface area contributed by atoms with E-state index in [-0.39, 0.29) is 6.04 Å². The summed E-state index contributed by atoms with van der Waals surface area (Å²) in [6, 6.07) is 6.65. The van der Waals surface area contributed by atoms with Crippen molar-refractivity contribution in [3.05, 3.63) is 29.8 Å². The van der Waals surface area contributed by atoms with E-state index in [1.807, 2.05) is 13.8 Å². The summed E-state index contributed by atoms with van der Waals surface area (Å²) >= 11 is 5.68. The van der Waals surface area contributed by atoms with E-state index in [4.69, 9.17) is 11.6 Å². The maximum absolute atomic E-state index is 12.1. The molecular weight excluding hydrogens is 246 g/mol. The van der Waals surface area contributed by atoms with Gasteiger partial charge >= 0.3 is 0 Å². The Bertz CT molecular complexity index is 457. The number of alkyl halides is 1. The Morgan fingerprint density at radius 2 is 2.00 bits per heavy atom. The van der Waals surface area contributed by atoms with E-state index in [1.54, 1.807) is 31.3 Å². The van der Waals surface area contributed by atoms with Gasteiger partial charge in [0.25, 0.3) is 0 Å². The van der Waals surface area contributed by atoms with Gasteiger partial charge in [-0.3, -0.25) is 0 Å². The summed E-state index contributed by atoms with van der Waals surface area (Å²) in [5.41, 5.74) is 0.805. The summed E-state index contributed by atoms with van der Waals surface area (Å²) in [6.07, 6.45) is 0. The minimum Gasteiger partial charge on any atom is -0.207 e. The number of nitrogens with zero attached hydrogens (tertiary/aromatic N) is 1. The zero-order chi connectivity index (χ0) is 12.3. The van der Waals surface area contributed by atoms with Gasteiger partial charge < -0.3 is 0 Å². The summed E-state index contributed by atoms with van der Waals surface area (Å²) in [5.74, 6) is 0.314. The van der Waals surface area contributed by atoms with Crippen molar-refractivity contribution in [1.29, 1.82) is 0 Å². The summed E-state index contributed by atoms with van der Waals surface area (Å²) in [5, 5.41) is 0. The Kier molecular flexibility index (Phi) is 4.35. The normalized spacial score (nSPS) is 12.4. The Morgan fingerprint density at radius 3 is 2.50 bits per heavy atom. The third-order valence-corrected chi connectivity index (χ3v) is 4.80. The number of sulfonamides is 1. The van der Waals surface area contributed by atoms with Gasteiger partial charge in [0.15, 0.2) is 0 Å². The molecule has 1 rings (SSSR count). The number of benzene rings is 1. The van der Waals surface area contributed by atoms with E-state index < -0.39 is 10.0 Å². The van der Waals surface area contributed by atoms with Crippen LogP contribution in [0.25, 0.3) is 0 Å². The second-order valence-electron chi connectivity index (χ2n) is 3.90. The first-order valence-corrected chi connectivity index (χ1v) is 7.00. The smallest absolute Gasteiger partial charge is 0.207 e. The average molecular weight is 262 g/mol. The standard InChI is InChI=1S/C11H16ClNO2S/c1-9(2)13(3)16(14,15)11-6-4-5-10(7-11)8-12/h4-7,9H,8H2,1-3H3. The van der Waals surface area contributed by atoms with E-state index in [0.717, 1.165) is 5.56 Å². The van der Waals surface area contributed by atoms with Gasteiger partial charge in [0.1, 0.15) is 0 Å². The van der Waals surface area contributed by atoms with Gasteiger partial charge in [-0.05, 0) is 31.5 Å². The highest BCUT2D eigenvalue weighted by molar-refractivity contribution is 7.89. The third-order valence-electron chi connectivity index (χ3n) is 2.46. The van der Waals surface area contributed by atoms with Gasteiger partial charge in [0.05, 0.1) is 4.90 Å². The summed E-state index contributed by atoms with van der Waals surface area (Å²) in [4.78, 5) is 0.293. The first-order valence-electron chi connectivity index (χ1n) is 5.02. The summed E-state index contributed by atoms with van der Waals surface area (Å²) in [7, 11) is -1.82. The number of hydrogen-bond acceptors (Lipinski definition) is 2. The van der Waals surface area contributed by atoms with Crippen LogP contribution in [0.4, 0.5) is 0 Å². The molecule has 0 aliphatic heterocycles. The van der Waals surface area contributed by atoms with Crippen LogP contribution < -0.4 is 0 Å². The largest absolute Gasteiger partial charge is 0.243 e. The van der Waals surface area contributed by atoms with Crippen molar-refractivity contribution in [2.75, 3.05) is 7.05 Å². The monoisotopic (exact) mass is 261 g/mol. The van der Waals surface area contributed by atoms with Crippen LogP contribution in [0.1, 0.15) is 19.4 Å². The van der Waals surface area contributed by atoms with Crippen molar-refractivity contribution in [1.82, 2.24) is 4.31 Å². The van der Waals surface area contributed by atoms with Crippen LogP contribution in [0.3, 0.4) is 0 Å². The molecule has 16 heavy (non-hydrogen) atoms. The van der Waals surface area contributed by atoms with Gasteiger partial charge in [0, 0.05) is 19.0 Å². The molecule has 0 aromatic heterocycles. The zero-order valence-corrected chi connectivity index (χ0v) is 11.2. The Hall–Kier alpha value is -0.580. The quantitative estimate of drug-likeness (QED) is 0.781. The molecule has 0 fully saturated rings. The van der Waals surface area contributed by atoms with Gasteiger partial charge in [-0.1, -0.05) is 12.1 Å². The molecule has 0 N–H and O–H groups in total. The fourth-order valence-electron chi connectivity index (χ4n) is 1.23. The second-order valence-corrected chi connectivity index (χ2v) is 6.16. The molecule has 0 saturated carbocycles. The molecule has 0 atom stereocenters. The molecule has 0 amide bonds. The highest BCUT2D eigenvalue weighted by Gasteiger charge is 2.22. The maximum atomic E-state index is 12.1. The van der Waals surface area contributed by atoms with Gasteiger partial charge in [-0.25, -0.2) is 8.42 Å². The lowest BCUT2D eigenvalue weighted by atomic mass is 10.2. The van der Waals surface area contributed by atoms with Gasteiger partial charge in [-0.2, -0.15) is 4.31 Å². The van der Waals surface area contributed by atoms with Gasteiger partial charge in [0.2, 0.25) is 10.0 Å². The molecule has 0 unspecified atom stereocenters. The van der Waals surface area contributed by atoms with Crippen LogP contribution in [0, 0.1) is 0 Å². The molecule has 0 heterocycles. The van der Waals surface area contributed by atoms with E-state index in [9.17, 15) is 8.42 Å². The molecule has 3 nitrogen and oxygen atoms in total. The maximum Gasteiger partial charge on any atom is 0.243 e. The van der Waals surface area contributed by atoms with E-state index in [2.05, 4.69) is 0 Å². The van der Waals surface area contributed by atoms with Crippen LogP contribution in [-0.4, -0.2) is 25.8 Å². The summed E-state index contributed by atoms with van der Waals surface area (Å²) < 4.78 is 25.6. The van der Waals surface area contributed by atoms with E-state index in [0.29, 0.717) is 10.8 Å². The third kappa shape index (κ3) is 2.75. The molecular formula is C11H16ClNO2S. The molecule has 0 spiro atoms. The van der Waals surface area contributed by atoms with Crippen molar-refractivity contribution in [2.45, 2.75) is 30.7 Å². The lowest BCUT2D eigenvalue weighted by Gasteiger charge is -2.21. The molecule has 0 aliphatic rings. The van der Waals surface area contributed by atoms with Crippen LogP contribution >= 0.6 is 11.6 Å². The number of hydrogen-bond donors (Lipinski definition) is 0. The minimum atomic E-state index is -3.40. The topological polar surface area (TPSA) is 37.4 Å². The molecule has 1 aromatic carbocycles. The van der Waals surface area contributed by atoms with Crippen LogP contribution in [0.2, 0.25) is 0 Å². The molecule has 90 valence electrons. The predicted octanol–water partition coefficient (Wildman–Crippen LogP) is 2.45. The predicted molar refractivity (Wildman–Crippen MR) is 66.1 cm³/mol. The highest BCUT2D eigenvalue weighted by atomic mass is 35.5. The lowest BCUT2D eigenvalue weighted by Crippen LogP contribution is -2.33. The number of halogens is 1. The van der Waals surface area contributed by atoms with Crippen molar-refractivity contribution in [3.63, 3.8) is 0 Å². The fraction of sp³-hybridized carbons (Fsp3) is 0.455. The molecule has 0 bridgehead atoms. The fourth-order valence-corrected chi connectivity index (χ4v) is 2.84. The van der Waals surface area contributed by atoms with Crippen molar-refractivity contribution >= 4 is 21.6 Å². The van der Waals surface area contributed by atoms with E-state index >= 15 is 0 Å². The number of rotatable bonds is 4. The van der Waals surface area contributed by atoms with Crippen molar-refractivity contribution in [2.24, 2.45) is 0 Å². The van der Waals surface area contributed by atoms with Crippen molar-refractivity contribution < 1.29 is 8.42 Å². The average Bonchev–Trinajstić information content (AvgIpc) is 2.27. The molecule has 0 aliphatic carbocycles. The van der Waals surface area contributed by atoms with Crippen LogP contribution in [0.5, 0.6) is 0 Å². The Morgan fingerprint density at radius 1 is 1.38 bits per heavy atom. The zero-order valence-electron chi connectivity index (χ0n) is 9.64. The highest BCUT2D eigenvalue weighted by Crippen LogP contribution is 2.18. The SMILES string of the molecule is CC(C)N(C)S(=O)(=O)c1cccc(CCl)c1. The van der Waals surface area contributed by atoms with Gasteiger partial charge in [-0.15, -0.1) is 11.6 Å². The first kappa shape index (κ1) is 13.5. The van der Waals surface area contributed by atoms with Crippen molar-refractivity contribution in [3.8, 4) is 0 Å². The van der Waals surface area contributed by atoms with Crippen LogP contribution in [0.15, 0.2) is 29.2 Å². The molecule has 1 aromatic rings. The summed E-state index contributed by atoms with van der Waals surface area (Å²) in [6.45, 7) is 3.67. The first-order chi connectivity index (χ1) is 7.39. The van der Waals surface area contributed by atoms with Crippen LogP contribution in [-0.2, 0) is 15.9 Å². The Balaban J connectivity index is 3.17. The molecule has 5 heteroatoms. The lowest BCUT2D eigenvalue weighted by molar-refractivity contribution is 0.410. The Labute approximate surface area is 102 Å².